The highest BCUT2D eigenvalue weighted by molar-refractivity contribution is 5.79. The fourth-order valence-corrected chi connectivity index (χ4v) is 4.24. The molecule has 2 aliphatic rings. The first kappa shape index (κ1) is 20.0. The number of para-hydroxylation sites is 1. The Kier molecular flexibility index (Phi) is 7.35. The van der Waals surface area contributed by atoms with Crippen LogP contribution in [-0.4, -0.2) is 69.9 Å². The molecule has 0 aromatic heterocycles. The van der Waals surface area contributed by atoms with Crippen LogP contribution >= 0.6 is 0 Å². The molecule has 2 saturated heterocycles. The van der Waals surface area contributed by atoms with Gasteiger partial charge in [-0.05, 0) is 56.8 Å². The highest BCUT2D eigenvalue weighted by atomic mass is 16.5. The summed E-state index contributed by atoms with van der Waals surface area (Å²) in [5.41, 5.74) is 1.41. The Bertz CT molecular complexity index is 608. The van der Waals surface area contributed by atoms with Gasteiger partial charge in [-0.3, -0.25) is 9.89 Å². The van der Waals surface area contributed by atoms with Gasteiger partial charge in [-0.15, -0.1) is 0 Å². The molecule has 0 amide bonds. The monoisotopic (exact) mass is 374 g/mol. The topological polar surface area (TPSA) is 58.1 Å². The fourth-order valence-electron chi connectivity index (χ4n) is 4.24. The lowest BCUT2D eigenvalue weighted by atomic mass is 9.88. The second kappa shape index (κ2) is 9.95. The van der Waals surface area contributed by atoms with Gasteiger partial charge in [0.05, 0.1) is 7.11 Å². The molecule has 150 valence electrons. The number of rotatable bonds is 7. The molecule has 2 heterocycles. The molecule has 0 radical (unpaired) electrons. The molecule has 0 atom stereocenters. The summed E-state index contributed by atoms with van der Waals surface area (Å²) < 4.78 is 11.1. The van der Waals surface area contributed by atoms with Crippen molar-refractivity contribution in [2.45, 2.75) is 37.6 Å². The van der Waals surface area contributed by atoms with Gasteiger partial charge < -0.3 is 20.1 Å². The van der Waals surface area contributed by atoms with Crippen LogP contribution in [0.25, 0.3) is 0 Å². The van der Waals surface area contributed by atoms with Gasteiger partial charge in [0.2, 0.25) is 0 Å². The quantitative estimate of drug-likeness (QED) is 0.565. The third-order valence-electron chi connectivity index (χ3n) is 5.89. The van der Waals surface area contributed by atoms with E-state index in [0.717, 1.165) is 57.3 Å². The summed E-state index contributed by atoms with van der Waals surface area (Å²) in [5.74, 6) is 1.81. The Balaban J connectivity index is 1.51. The second-order valence-corrected chi connectivity index (χ2v) is 7.45. The van der Waals surface area contributed by atoms with Gasteiger partial charge in [0.15, 0.2) is 5.96 Å². The molecule has 6 nitrogen and oxygen atoms in total. The zero-order valence-corrected chi connectivity index (χ0v) is 16.8. The number of hydrogen-bond donors (Lipinski definition) is 2. The van der Waals surface area contributed by atoms with Crippen LogP contribution in [0.15, 0.2) is 29.3 Å². The van der Waals surface area contributed by atoms with Crippen molar-refractivity contribution in [3.8, 4) is 5.75 Å². The van der Waals surface area contributed by atoms with Crippen LogP contribution in [0.2, 0.25) is 0 Å². The Morgan fingerprint density at radius 2 is 1.93 bits per heavy atom. The maximum atomic E-state index is 5.64. The smallest absolute Gasteiger partial charge is 0.191 e. The summed E-state index contributed by atoms with van der Waals surface area (Å²) in [5, 5.41) is 7.03. The molecule has 0 bridgehead atoms. The van der Waals surface area contributed by atoms with Crippen molar-refractivity contribution < 1.29 is 9.47 Å². The van der Waals surface area contributed by atoms with Crippen LogP contribution in [0.3, 0.4) is 0 Å². The predicted octanol–water partition coefficient (Wildman–Crippen LogP) is 2.05. The van der Waals surface area contributed by atoms with Crippen LogP contribution in [0, 0.1) is 0 Å². The first-order valence-corrected chi connectivity index (χ1v) is 10.2. The van der Waals surface area contributed by atoms with Crippen LogP contribution in [0.1, 0.15) is 31.2 Å². The molecule has 2 N–H and O–H groups in total. The van der Waals surface area contributed by atoms with Crippen molar-refractivity contribution in [3.63, 3.8) is 0 Å². The average molecular weight is 375 g/mol. The summed E-state index contributed by atoms with van der Waals surface area (Å²) in [4.78, 5) is 7.09. The van der Waals surface area contributed by atoms with E-state index in [0.29, 0.717) is 0 Å². The number of nitrogens with zero attached hydrogens (tertiary/aromatic N) is 2. The Morgan fingerprint density at radius 1 is 1.19 bits per heavy atom. The maximum Gasteiger partial charge on any atom is 0.191 e. The third kappa shape index (κ3) is 5.14. The summed E-state index contributed by atoms with van der Waals surface area (Å²) >= 11 is 0. The first-order valence-electron chi connectivity index (χ1n) is 10.2. The molecular formula is C21H34N4O2. The van der Waals surface area contributed by atoms with Gasteiger partial charge in [-0.2, -0.15) is 0 Å². The number of aliphatic imine (C=N–C) groups is 1. The second-order valence-electron chi connectivity index (χ2n) is 7.45. The Morgan fingerprint density at radius 3 is 2.63 bits per heavy atom. The van der Waals surface area contributed by atoms with Crippen molar-refractivity contribution >= 4 is 5.96 Å². The van der Waals surface area contributed by atoms with Gasteiger partial charge in [-0.1, -0.05) is 18.2 Å². The summed E-state index contributed by atoms with van der Waals surface area (Å²) in [6, 6.07) is 8.17. The van der Waals surface area contributed by atoms with Gasteiger partial charge in [0, 0.05) is 38.9 Å². The van der Waals surface area contributed by atoms with Crippen molar-refractivity contribution in [3.05, 3.63) is 29.8 Å². The van der Waals surface area contributed by atoms with Crippen molar-refractivity contribution in [2.75, 3.05) is 53.6 Å². The summed E-state index contributed by atoms with van der Waals surface area (Å²) in [7, 11) is 3.56. The van der Waals surface area contributed by atoms with E-state index in [4.69, 9.17) is 9.47 Å². The van der Waals surface area contributed by atoms with Gasteiger partial charge in [0.25, 0.3) is 0 Å². The lowest BCUT2D eigenvalue weighted by Gasteiger charge is -2.45. The van der Waals surface area contributed by atoms with E-state index in [9.17, 15) is 0 Å². The number of hydrogen-bond acceptors (Lipinski definition) is 4. The third-order valence-corrected chi connectivity index (χ3v) is 5.89. The van der Waals surface area contributed by atoms with E-state index < -0.39 is 0 Å². The van der Waals surface area contributed by atoms with Crippen molar-refractivity contribution in [1.29, 1.82) is 0 Å². The molecule has 1 aromatic carbocycles. The minimum Gasteiger partial charge on any atom is -0.496 e. The molecule has 3 rings (SSSR count). The average Bonchev–Trinajstić information content (AvgIpc) is 3.27. The van der Waals surface area contributed by atoms with Gasteiger partial charge >= 0.3 is 0 Å². The minimum atomic E-state index is 0.203. The standard InChI is InChI=1S/C21H34N4O2/c1-22-20(23-12-9-18-7-3-4-8-19(18)26-2)24-17-21(10-15-27-16-11-21)25-13-5-6-14-25/h3-4,7-8H,5-6,9-17H2,1-2H3,(H2,22,23,24). The number of nitrogens with one attached hydrogen (secondary N) is 2. The molecule has 2 fully saturated rings. The number of benzene rings is 1. The zero-order valence-electron chi connectivity index (χ0n) is 16.8. The maximum absolute atomic E-state index is 5.64. The molecule has 0 aliphatic carbocycles. The number of methoxy groups -OCH3 is 1. The molecule has 27 heavy (non-hydrogen) atoms. The zero-order chi connectivity index (χ0) is 19.0. The van der Waals surface area contributed by atoms with E-state index in [2.05, 4.69) is 32.7 Å². The van der Waals surface area contributed by atoms with Crippen LogP contribution in [0.5, 0.6) is 5.75 Å². The molecule has 0 saturated carbocycles. The largest absolute Gasteiger partial charge is 0.496 e. The lowest BCUT2D eigenvalue weighted by molar-refractivity contribution is -0.0164. The molecule has 0 unspecified atom stereocenters. The number of likely N-dealkylation sites (tertiary alicyclic amines) is 1. The Labute approximate surface area is 163 Å². The lowest BCUT2D eigenvalue weighted by Crippen LogP contribution is -2.58. The SMILES string of the molecule is CN=C(NCCc1ccccc1OC)NCC1(N2CCCC2)CCOCC1. The highest BCUT2D eigenvalue weighted by Crippen LogP contribution is 2.30. The van der Waals surface area contributed by atoms with Crippen LogP contribution in [-0.2, 0) is 11.2 Å². The van der Waals surface area contributed by atoms with E-state index in [-0.39, 0.29) is 5.54 Å². The van der Waals surface area contributed by atoms with E-state index in [1.165, 1.54) is 31.5 Å². The van der Waals surface area contributed by atoms with Crippen LogP contribution in [0.4, 0.5) is 0 Å². The number of guanidine groups is 1. The minimum absolute atomic E-state index is 0.203. The van der Waals surface area contributed by atoms with Gasteiger partial charge in [-0.25, -0.2) is 0 Å². The Hall–Kier alpha value is -1.79. The predicted molar refractivity (Wildman–Crippen MR) is 110 cm³/mol. The van der Waals surface area contributed by atoms with Crippen molar-refractivity contribution in [1.82, 2.24) is 15.5 Å². The van der Waals surface area contributed by atoms with E-state index in [1.54, 1.807) is 7.11 Å². The highest BCUT2D eigenvalue weighted by Gasteiger charge is 2.39. The summed E-state index contributed by atoms with van der Waals surface area (Å²) in [6.07, 6.45) is 5.72. The summed E-state index contributed by atoms with van der Waals surface area (Å²) in [6.45, 7) is 5.88. The van der Waals surface area contributed by atoms with Gasteiger partial charge in [0.1, 0.15) is 5.75 Å². The van der Waals surface area contributed by atoms with Crippen LogP contribution < -0.4 is 15.4 Å². The molecule has 6 heteroatoms. The van der Waals surface area contributed by atoms with E-state index >= 15 is 0 Å². The van der Waals surface area contributed by atoms with E-state index in [1.807, 2.05) is 19.2 Å². The molecule has 0 spiro atoms. The molecule has 2 aliphatic heterocycles. The normalized spacial score (nSPS) is 20.4. The number of ether oxygens (including phenoxy) is 2. The molecular weight excluding hydrogens is 340 g/mol. The first-order chi connectivity index (χ1) is 13.3. The van der Waals surface area contributed by atoms with Crippen molar-refractivity contribution in [2.24, 2.45) is 4.99 Å². The molecule has 1 aromatic rings. The fraction of sp³-hybridized carbons (Fsp3) is 0.667.